The Morgan fingerprint density at radius 1 is 0.833 bits per heavy atom. The summed E-state index contributed by atoms with van der Waals surface area (Å²) >= 11 is 0. The number of halogens is 6. The molecule has 1 spiro atoms. The van der Waals surface area contributed by atoms with Crippen LogP contribution in [-0.2, 0) is 35.5 Å². The lowest BCUT2D eigenvalue weighted by atomic mass is 9.87. The van der Waals surface area contributed by atoms with Crippen LogP contribution in [0.4, 0.5) is 26.3 Å². The van der Waals surface area contributed by atoms with Gasteiger partial charge >= 0.3 is 31.3 Å². The van der Waals surface area contributed by atoms with Crippen LogP contribution in [0.2, 0.25) is 0 Å². The van der Waals surface area contributed by atoms with Gasteiger partial charge in [-0.1, -0.05) is 31.2 Å². The molecule has 0 N–H and O–H groups in total. The second-order valence-electron chi connectivity index (χ2n) is 7.58. The minimum atomic E-state index is -6.22. The fraction of sp³-hybridized carbons (Fsp3) is 0.368. The highest BCUT2D eigenvalue weighted by Crippen LogP contribution is 2.61. The van der Waals surface area contributed by atoms with Crippen LogP contribution in [-0.4, -0.2) is 35.7 Å². The van der Waals surface area contributed by atoms with Gasteiger partial charge in [-0.25, -0.2) is 0 Å². The molecular weight excluding hydrogens is 545 g/mol. The predicted octanol–water partition coefficient (Wildman–Crippen LogP) is 4.02. The Kier molecular flexibility index (Phi) is 6.09. The molecular formula is C19H13BF6O8S2. The number of hydrogen-bond donors (Lipinski definition) is 0. The summed E-state index contributed by atoms with van der Waals surface area (Å²) in [6, 6.07) is 5.02. The van der Waals surface area contributed by atoms with Gasteiger partial charge in [0.1, 0.15) is 7.85 Å². The average Bonchev–Trinajstić information content (AvgIpc) is 3.21. The third-order valence-electron chi connectivity index (χ3n) is 5.37. The molecule has 0 saturated carbocycles. The first-order valence-corrected chi connectivity index (χ1v) is 12.7. The molecule has 2 aliphatic heterocycles. The lowest BCUT2D eigenvalue weighted by Crippen LogP contribution is -2.33. The van der Waals surface area contributed by atoms with E-state index >= 15 is 0 Å². The molecule has 17 heteroatoms. The molecule has 36 heavy (non-hydrogen) atoms. The van der Waals surface area contributed by atoms with Crippen molar-refractivity contribution >= 4 is 28.1 Å². The van der Waals surface area contributed by atoms with Crippen LogP contribution in [0.5, 0.6) is 11.5 Å². The molecule has 3 atom stereocenters. The maximum atomic E-state index is 13.1. The number of benzene rings is 2. The van der Waals surface area contributed by atoms with Gasteiger partial charge in [-0.2, -0.15) is 43.2 Å². The molecule has 0 amide bonds. The smallest absolute Gasteiger partial charge is 0.375 e. The van der Waals surface area contributed by atoms with Crippen molar-refractivity contribution in [2.24, 2.45) is 0 Å². The molecule has 0 saturated heterocycles. The summed E-state index contributed by atoms with van der Waals surface area (Å²) < 4.78 is 146. The lowest BCUT2D eigenvalue weighted by Gasteiger charge is -2.29. The van der Waals surface area contributed by atoms with Crippen molar-refractivity contribution in [2.45, 2.75) is 42.3 Å². The van der Waals surface area contributed by atoms with E-state index in [1.165, 1.54) is 12.1 Å². The zero-order valence-corrected chi connectivity index (χ0v) is 19.4. The fourth-order valence-corrected chi connectivity index (χ4v) is 4.91. The first kappa shape index (κ1) is 26.6. The number of rotatable bonds is 5. The Balaban J connectivity index is 1.98. The minimum absolute atomic E-state index is 0.0703. The van der Waals surface area contributed by atoms with Gasteiger partial charge in [0.25, 0.3) is 0 Å². The SMILES string of the molecule is [B][C@H]1O[C@@]2(O[C@H](CC)c3cccc(OS(=O)(=O)C(F)(F)F)c32)c2c(OS(=O)(=O)C(F)(F)F)cccc21. The summed E-state index contributed by atoms with van der Waals surface area (Å²) in [5.74, 6) is -4.34. The molecule has 0 fully saturated rings. The van der Waals surface area contributed by atoms with Crippen molar-refractivity contribution in [1.29, 1.82) is 0 Å². The molecule has 0 bridgehead atoms. The largest absolute Gasteiger partial charge is 0.534 e. The van der Waals surface area contributed by atoms with Crippen LogP contribution in [0.15, 0.2) is 36.4 Å². The second-order valence-corrected chi connectivity index (χ2v) is 10.7. The number of ether oxygens (including phenoxy) is 2. The molecule has 8 nitrogen and oxygen atoms in total. The Bertz CT molecular complexity index is 1420. The topological polar surface area (TPSA) is 105 Å². The first-order valence-electron chi connectivity index (χ1n) is 9.84. The predicted molar refractivity (Wildman–Crippen MR) is 109 cm³/mol. The molecule has 2 aromatic carbocycles. The molecule has 0 aromatic heterocycles. The van der Waals surface area contributed by atoms with E-state index in [0.717, 1.165) is 24.3 Å². The zero-order chi connectivity index (χ0) is 26.9. The van der Waals surface area contributed by atoms with Crippen LogP contribution in [0.25, 0.3) is 0 Å². The van der Waals surface area contributed by atoms with Crippen LogP contribution in [0.1, 0.15) is 47.7 Å². The minimum Gasteiger partial charge on any atom is -0.375 e. The monoisotopic (exact) mass is 558 g/mol. The van der Waals surface area contributed by atoms with Crippen molar-refractivity contribution in [3.63, 3.8) is 0 Å². The van der Waals surface area contributed by atoms with Gasteiger partial charge in [0.05, 0.1) is 17.2 Å². The van der Waals surface area contributed by atoms with E-state index in [4.69, 9.17) is 17.3 Å². The molecule has 2 aromatic rings. The third kappa shape index (κ3) is 4.01. The summed E-state index contributed by atoms with van der Waals surface area (Å²) in [7, 11) is -6.49. The summed E-state index contributed by atoms with van der Waals surface area (Å²) in [6.45, 7) is 1.58. The van der Waals surface area contributed by atoms with Gasteiger partial charge in [-0.15, -0.1) is 0 Å². The van der Waals surface area contributed by atoms with Crippen LogP contribution in [0.3, 0.4) is 0 Å². The molecule has 2 radical (unpaired) electrons. The fourth-order valence-electron chi connectivity index (χ4n) is 3.97. The summed E-state index contributed by atoms with van der Waals surface area (Å²) in [5.41, 5.74) is -12.7. The highest BCUT2D eigenvalue weighted by atomic mass is 32.2. The molecule has 0 aliphatic carbocycles. The molecule has 194 valence electrons. The van der Waals surface area contributed by atoms with Gasteiger partial charge in [-0.3, -0.25) is 0 Å². The van der Waals surface area contributed by atoms with E-state index in [1.54, 1.807) is 6.92 Å². The molecule has 2 aliphatic rings. The van der Waals surface area contributed by atoms with Crippen molar-refractivity contribution in [1.82, 2.24) is 0 Å². The van der Waals surface area contributed by atoms with Crippen molar-refractivity contribution in [2.75, 3.05) is 0 Å². The highest BCUT2D eigenvalue weighted by Gasteiger charge is 2.59. The van der Waals surface area contributed by atoms with Gasteiger partial charge in [0.15, 0.2) is 11.5 Å². The van der Waals surface area contributed by atoms with Crippen LogP contribution < -0.4 is 8.37 Å². The zero-order valence-electron chi connectivity index (χ0n) is 17.8. The van der Waals surface area contributed by atoms with E-state index in [9.17, 15) is 43.2 Å². The van der Waals surface area contributed by atoms with Crippen molar-refractivity contribution < 1.29 is 61.0 Å². The Morgan fingerprint density at radius 2 is 1.28 bits per heavy atom. The molecule has 4 rings (SSSR count). The molecule has 2 heterocycles. The van der Waals surface area contributed by atoms with Crippen LogP contribution >= 0.6 is 0 Å². The maximum absolute atomic E-state index is 13.1. The second kappa shape index (κ2) is 8.26. The number of alkyl halides is 6. The summed E-state index contributed by atoms with van der Waals surface area (Å²) in [6.07, 6.45) is -0.871. The van der Waals surface area contributed by atoms with Gasteiger partial charge in [0.2, 0.25) is 5.79 Å². The summed E-state index contributed by atoms with van der Waals surface area (Å²) in [4.78, 5) is 0. The quantitative estimate of drug-likeness (QED) is 0.235. The number of hydrogen-bond acceptors (Lipinski definition) is 8. The average molecular weight is 558 g/mol. The maximum Gasteiger partial charge on any atom is 0.534 e. The van der Waals surface area contributed by atoms with E-state index < -0.39 is 71.8 Å². The number of fused-ring (bicyclic) bond motifs is 4. The lowest BCUT2D eigenvalue weighted by molar-refractivity contribution is -0.223. The normalized spacial score (nSPS) is 24.0. The van der Waals surface area contributed by atoms with Crippen molar-refractivity contribution in [3.8, 4) is 11.5 Å². The van der Waals surface area contributed by atoms with Crippen molar-refractivity contribution in [3.05, 3.63) is 58.7 Å². The van der Waals surface area contributed by atoms with E-state index in [1.807, 2.05) is 0 Å². The van der Waals surface area contributed by atoms with E-state index in [2.05, 4.69) is 8.37 Å². The van der Waals surface area contributed by atoms with Gasteiger partial charge in [0, 0.05) is 6.00 Å². The van der Waals surface area contributed by atoms with E-state index in [0.29, 0.717) is 0 Å². The Morgan fingerprint density at radius 3 is 1.72 bits per heavy atom. The summed E-state index contributed by atoms with van der Waals surface area (Å²) in [5, 5.41) is 0. The third-order valence-corrected chi connectivity index (χ3v) is 7.30. The standard InChI is InChI=1S/C19H13BF6O8S2/c1-2-11-9-5-3-7-12(33-35(27,28)18(21,22)23)14(9)17(31-11)15-10(16(20)32-17)6-4-8-13(15)34-36(29,30)19(24,25)26/h3-8,11,16H,2H2,1H3/t11-,16+,17-/m1/s1. The van der Waals surface area contributed by atoms with Crippen LogP contribution in [0, 0.1) is 0 Å². The van der Waals surface area contributed by atoms with Gasteiger partial charge in [-0.05, 0) is 29.7 Å². The first-order chi connectivity index (χ1) is 16.5. The van der Waals surface area contributed by atoms with E-state index in [-0.39, 0.29) is 17.5 Å². The Hall–Kier alpha value is -2.50. The Labute approximate surface area is 201 Å². The van der Waals surface area contributed by atoms with Gasteiger partial charge < -0.3 is 17.8 Å². The highest BCUT2D eigenvalue weighted by molar-refractivity contribution is 7.88. The molecule has 0 unspecified atom stereocenters.